The average Bonchev–Trinajstić information content (AvgIpc) is 2.37. The molecule has 20 heavy (non-hydrogen) atoms. The Labute approximate surface area is 121 Å². The molecule has 2 aromatic rings. The van der Waals surface area contributed by atoms with Crippen LogP contribution in [0.15, 0.2) is 53.0 Å². The van der Waals surface area contributed by atoms with Gasteiger partial charge in [-0.05, 0) is 17.7 Å². The Bertz CT molecular complexity index is 599. The minimum atomic E-state index is -4.80. The van der Waals surface area contributed by atoms with Gasteiger partial charge in [0.2, 0.25) is 0 Å². The van der Waals surface area contributed by atoms with Crippen molar-refractivity contribution in [2.45, 2.75) is 12.5 Å². The summed E-state index contributed by atoms with van der Waals surface area (Å²) in [5, 5.41) is 10.3. The molecule has 0 amide bonds. The van der Waals surface area contributed by atoms with E-state index in [1.165, 1.54) is 18.2 Å². The summed E-state index contributed by atoms with van der Waals surface area (Å²) in [6, 6.07) is 12.3. The number of benzene rings is 2. The zero-order chi connectivity index (χ0) is 14.8. The Morgan fingerprint density at radius 2 is 1.50 bits per heavy atom. The Balaban J connectivity index is 2.40. The topological polar surface area (TPSA) is 29.5 Å². The lowest BCUT2D eigenvalue weighted by Gasteiger charge is -2.18. The number of alkyl halides is 3. The van der Waals surface area contributed by atoms with Crippen LogP contribution in [0.2, 0.25) is 0 Å². The number of hydrogen-bond acceptors (Lipinski definition) is 2. The van der Waals surface area contributed by atoms with Crippen LogP contribution in [-0.2, 0) is 0 Å². The van der Waals surface area contributed by atoms with Gasteiger partial charge in [0.25, 0.3) is 0 Å². The molecule has 2 nitrogen and oxygen atoms in total. The summed E-state index contributed by atoms with van der Waals surface area (Å²) < 4.78 is 41.6. The van der Waals surface area contributed by atoms with E-state index >= 15 is 0 Å². The lowest BCUT2D eigenvalue weighted by Crippen LogP contribution is -2.18. The third kappa shape index (κ3) is 3.52. The molecule has 0 aliphatic heterocycles. The van der Waals surface area contributed by atoms with Gasteiger partial charge in [-0.2, -0.15) is 0 Å². The summed E-state index contributed by atoms with van der Waals surface area (Å²) in [5.41, 5.74) is 0.516. The first-order valence-corrected chi connectivity index (χ1v) is 6.45. The molecular weight excluding hydrogens is 337 g/mol. The van der Waals surface area contributed by atoms with Gasteiger partial charge in [-0.1, -0.05) is 52.3 Å². The third-order valence-electron chi connectivity index (χ3n) is 2.64. The van der Waals surface area contributed by atoms with Gasteiger partial charge < -0.3 is 9.84 Å². The molecule has 0 saturated carbocycles. The Hall–Kier alpha value is -1.53. The van der Waals surface area contributed by atoms with Crippen LogP contribution in [0.4, 0.5) is 13.2 Å². The molecule has 0 spiro atoms. The summed E-state index contributed by atoms with van der Waals surface area (Å²) in [4.78, 5) is 0. The number of aliphatic hydroxyl groups is 1. The third-order valence-corrected chi connectivity index (χ3v) is 3.36. The highest BCUT2D eigenvalue weighted by Crippen LogP contribution is 2.35. The lowest BCUT2D eigenvalue weighted by atomic mass is 10.0. The van der Waals surface area contributed by atoms with Crippen molar-refractivity contribution in [2.75, 3.05) is 0 Å². The average molecular weight is 347 g/mol. The van der Waals surface area contributed by atoms with Crippen molar-refractivity contribution >= 4 is 15.9 Å². The van der Waals surface area contributed by atoms with Crippen LogP contribution in [0.25, 0.3) is 0 Å². The van der Waals surface area contributed by atoms with Crippen molar-refractivity contribution in [3.8, 4) is 5.75 Å². The fourth-order valence-corrected chi connectivity index (χ4v) is 2.29. The van der Waals surface area contributed by atoms with Crippen LogP contribution in [0, 0.1) is 0 Å². The van der Waals surface area contributed by atoms with Crippen LogP contribution < -0.4 is 4.74 Å². The van der Waals surface area contributed by atoms with Crippen molar-refractivity contribution in [1.29, 1.82) is 0 Å². The molecule has 0 fully saturated rings. The van der Waals surface area contributed by atoms with Gasteiger partial charge in [0.05, 0.1) is 0 Å². The molecule has 2 rings (SSSR count). The number of aliphatic hydroxyl groups excluding tert-OH is 1. The smallest absolute Gasteiger partial charge is 0.405 e. The van der Waals surface area contributed by atoms with Gasteiger partial charge in [0.15, 0.2) is 0 Å². The molecule has 0 aliphatic rings. The van der Waals surface area contributed by atoms with Crippen molar-refractivity contribution in [3.63, 3.8) is 0 Å². The predicted molar refractivity (Wildman–Crippen MR) is 71.3 cm³/mol. The van der Waals surface area contributed by atoms with Gasteiger partial charge in [0, 0.05) is 10.0 Å². The van der Waals surface area contributed by atoms with E-state index in [9.17, 15) is 18.3 Å². The van der Waals surface area contributed by atoms with E-state index in [0.717, 1.165) is 0 Å². The quantitative estimate of drug-likeness (QED) is 0.890. The molecule has 0 aliphatic carbocycles. The van der Waals surface area contributed by atoms with E-state index in [-0.39, 0.29) is 5.56 Å². The molecule has 1 unspecified atom stereocenters. The number of ether oxygens (including phenoxy) is 1. The SMILES string of the molecule is OC(c1ccccc1Br)c1ccccc1OC(F)(F)F. The van der Waals surface area contributed by atoms with Crippen molar-refractivity contribution < 1.29 is 23.0 Å². The maximum absolute atomic E-state index is 12.4. The highest BCUT2D eigenvalue weighted by atomic mass is 79.9. The normalized spacial score (nSPS) is 13.1. The first-order chi connectivity index (χ1) is 9.38. The molecule has 6 heteroatoms. The molecule has 0 bridgehead atoms. The molecule has 0 saturated heterocycles. The molecule has 1 N–H and O–H groups in total. The fourth-order valence-electron chi connectivity index (χ4n) is 1.79. The Morgan fingerprint density at radius 1 is 0.950 bits per heavy atom. The molecule has 106 valence electrons. The van der Waals surface area contributed by atoms with E-state index in [2.05, 4.69) is 20.7 Å². The van der Waals surface area contributed by atoms with Gasteiger partial charge in [-0.25, -0.2) is 0 Å². The van der Waals surface area contributed by atoms with Crippen LogP contribution in [-0.4, -0.2) is 11.5 Å². The highest BCUT2D eigenvalue weighted by Gasteiger charge is 2.33. The zero-order valence-electron chi connectivity index (χ0n) is 10.1. The summed E-state index contributed by atoms with van der Waals surface area (Å²) in [7, 11) is 0. The van der Waals surface area contributed by atoms with Crippen LogP contribution in [0.5, 0.6) is 5.75 Å². The highest BCUT2D eigenvalue weighted by molar-refractivity contribution is 9.10. The standard InChI is InChI=1S/C14H10BrF3O2/c15-11-7-3-1-5-9(11)13(19)10-6-2-4-8-12(10)20-14(16,17)18/h1-8,13,19H. The van der Waals surface area contributed by atoms with Crippen molar-refractivity contribution in [2.24, 2.45) is 0 Å². The van der Waals surface area contributed by atoms with Crippen LogP contribution >= 0.6 is 15.9 Å². The summed E-state index contributed by atoms with van der Waals surface area (Å²) in [6.45, 7) is 0. The number of rotatable bonds is 3. The van der Waals surface area contributed by atoms with Gasteiger partial charge in [-0.3, -0.25) is 0 Å². The minimum Gasteiger partial charge on any atom is -0.405 e. The lowest BCUT2D eigenvalue weighted by molar-refractivity contribution is -0.275. The number of para-hydroxylation sites is 1. The molecule has 0 heterocycles. The number of halogens is 4. The summed E-state index contributed by atoms with van der Waals surface area (Å²) >= 11 is 3.26. The molecule has 2 aromatic carbocycles. The zero-order valence-corrected chi connectivity index (χ0v) is 11.6. The minimum absolute atomic E-state index is 0.0525. The summed E-state index contributed by atoms with van der Waals surface area (Å²) in [5.74, 6) is -0.414. The van der Waals surface area contributed by atoms with E-state index in [1.807, 2.05) is 0 Å². The van der Waals surface area contributed by atoms with E-state index < -0.39 is 18.2 Å². The largest absolute Gasteiger partial charge is 0.573 e. The maximum Gasteiger partial charge on any atom is 0.573 e. The van der Waals surface area contributed by atoms with Crippen molar-refractivity contribution in [1.82, 2.24) is 0 Å². The second kappa shape index (κ2) is 5.85. The fraction of sp³-hybridized carbons (Fsp3) is 0.143. The predicted octanol–water partition coefficient (Wildman–Crippen LogP) is 4.43. The molecular formula is C14H10BrF3O2. The summed E-state index contributed by atoms with van der Waals surface area (Å²) in [6.07, 6.45) is -6.02. The molecule has 0 aromatic heterocycles. The van der Waals surface area contributed by atoms with E-state index in [4.69, 9.17) is 0 Å². The van der Waals surface area contributed by atoms with E-state index in [1.54, 1.807) is 30.3 Å². The first-order valence-electron chi connectivity index (χ1n) is 5.65. The van der Waals surface area contributed by atoms with Gasteiger partial charge in [-0.15, -0.1) is 13.2 Å². The first kappa shape index (κ1) is 14.9. The monoisotopic (exact) mass is 346 g/mol. The molecule has 1 atom stereocenters. The maximum atomic E-state index is 12.4. The number of hydrogen-bond donors (Lipinski definition) is 1. The second-order valence-corrected chi connectivity index (χ2v) is 4.86. The Kier molecular flexibility index (Phi) is 4.35. The van der Waals surface area contributed by atoms with Gasteiger partial charge >= 0.3 is 6.36 Å². The van der Waals surface area contributed by atoms with Crippen LogP contribution in [0.3, 0.4) is 0 Å². The van der Waals surface area contributed by atoms with Crippen molar-refractivity contribution in [3.05, 3.63) is 64.1 Å². The molecule has 0 radical (unpaired) electrons. The van der Waals surface area contributed by atoms with Gasteiger partial charge in [0.1, 0.15) is 11.9 Å². The van der Waals surface area contributed by atoms with Crippen LogP contribution in [0.1, 0.15) is 17.2 Å². The Morgan fingerprint density at radius 3 is 2.10 bits per heavy atom. The van der Waals surface area contributed by atoms with E-state index in [0.29, 0.717) is 10.0 Å². The second-order valence-electron chi connectivity index (χ2n) is 4.01.